The van der Waals surface area contributed by atoms with Crippen LogP contribution in [0.4, 0.5) is 5.82 Å². The molecular formula is C17H16N4O3S. The molecule has 3 heterocycles. The van der Waals surface area contributed by atoms with Crippen LogP contribution in [-0.2, 0) is 0 Å². The third-order valence-corrected chi connectivity index (χ3v) is 5.25. The van der Waals surface area contributed by atoms with Crippen molar-refractivity contribution in [2.24, 2.45) is 0 Å². The fourth-order valence-electron chi connectivity index (χ4n) is 2.96. The molecule has 0 bridgehead atoms. The zero-order valence-electron chi connectivity index (χ0n) is 13.4. The number of rotatable bonds is 3. The molecule has 1 saturated heterocycles. The van der Waals surface area contributed by atoms with Gasteiger partial charge >= 0.3 is 5.97 Å². The number of fused-ring (bicyclic) bond motifs is 1. The quantitative estimate of drug-likeness (QED) is 0.776. The largest absolute Gasteiger partial charge is 0.478 e. The van der Waals surface area contributed by atoms with Gasteiger partial charge in [-0.15, -0.1) is 0 Å². The van der Waals surface area contributed by atoms with Crippen molar-refractivity contribution in [1.82, 2.24) is 14.6 Å². The van der Waals surface area contributed by atoms with E-state index >= 15 is 0 Å². The van der Waals surface area contributed by atoms with Crippen LogP contribution in [-0.4, -0.2) is 38.8 Å². The summed E-state index contributed by atoms with van der Waals surface area (Å²) in [6.07, 6.45) is 3.45. The molecular weight excluding hydrogens is 340 g/mol. The first-order chi connectivity index (χ1) is 12.1. The first-order valence-electron chi connectivity index (χ1n) is 8.11. The van der Waals surface area contributed by atoms with Crippen molar-refractivity contribution < 1.29 is 9.90 Å². The molecule has 0 spiro atoms. The first kappa shape index (κ1) is 15.8. The van der Waals surface area contributed by atoms with Crippen LogP contribution in [0.1, 0.15) is 29.6 Å². The Morgan fingerprint density at radius 3 is 2.52 bits per heavy atom. The van der Waals surface area contributed by atoms with Crippen LogP contribution in [0.2, 0.25) is 0 Å². The van der Waals surface area contributed by atoms with Crippen LogP contribution in [0, 0.1) is 0 Å². The van der Waals surface area contributed by atoms with E-state index in [0.29, 0.717) is 15.8 Å². The molecule has 128 valence electrons. The summed E-state index contributed by atoms with van der Waals surface area (Å²) in [7, 11) is 0. The molecule has 0 unspecified atom stereocenters. The van der Waals surface area contributed by atoms with E-state index in [-0.39, 0.29) is 11.1 Å². The van der Waals surface area contributed by atoms with Gasteiger partial charge in [0.2, 0.25) is 4.96 Å². The van der Waals surface area contributed by atoms with E-state index in [9.17, 15) is 9.59 Å². The van der Waals surface area contributed by atoms with Crippen LogP contribution in [0.3, 0.4) is 0 Å². The Balaban J connectivity index is 1.73. The highest BCUT2D eigenvalue weighted by molar-refractivity contribution is 7.19. The molecule has 1 fully saturated rings. The second-order valence-electron chi connectivity index (χ2n) is 5.98. The summed E-state index contributed by atoms with van der Waals surface area (Å²) in [5.74, 6) is -0.263. The molecule has 0 atom stereocenters. The van der Waals surface area contributed by atoms with E-state index in [1.807, 2.05) is 0 Å². The van der Waals surface area contributed by atoms with Crippen molar-refractivity contribution in [3.63, 3.8) is 0 Å². The van der Waals surface area contributed by atoms with Crippen LogP contribution in [0.5, 0.6) is 0 Å². The first-order valence-corrected chi connectivity index (χ1v) is 8.93. The second kappa shape index (κ2) is 6.29. The molecule has 0 aliphatic carbocycles. The lowest BCUT2D eigenvalue weighted by molar-refractivity contribution is 0.0697. The summed E-state index contributed by atoms with van der Waals surface area (Å²) < 4.78 is 1.30. The highest BCUT2D eigenvalue weighted by Crippen LogP contribution is 2.26. The fraction of sp³-hybridized carbons (Fsp3) is 0.294. The summed E-state index contributed by atoms with van der Waals surface area (Å²) in [5, 5.41) is 14.0. The number of anilines is 1. The molecule has 25 heavy (non-hydrogen) atoms. The number of aromatic nitrogens is 3. The fourth-order valence-corrected chi connectivity index (χ4v) is 3.86. The highest BCUT2D eigenvalue weighted by Gasteiger charge is 2.16. The van der Waals surface area contributed by atoms with Crippen molar-refractivity contribution in [2.75, 3.05) is 18.0 Å². The van der Waals surface area contributed by atoms with Gasteiger partial charge in [0.05, 0.1) is 5.56 Å². The number of carboxylic acids is 1. The lowest BCUT2D eigenvalue weighted by Gasteiger charge is -2.27. The van der Waals surface area contributed by atoms with Gasteiger partial charge in [0.15, 0.2) is 0 Å². The number of aromatic carboxylic acids is 1. The van der Waals surface area contributed by atoms with Gasteiger partial charge in [0.25, 0.3) is 5.56 Å². The Hall–Kier alpha value is -2.74. The second-order valence-corrected chi connectivity index (χ2v) is 6.94. The normalized spacial score (nSPS) is 14.8. The summed E-state index contributed by atoms with van der Waals surface area (Å²) in [4.78, 5) is 30.6. The summed E-state index contributed by atoms with van der Waals surface area (Å²) in [6, 6.07) is 7.98. The van der Waals surface area contributed by atoms with E-state index in [1.165, 1.54) is 40.5 Å². The van der Waals surface area contributed by atoms with Gasteiger partial charge in [-0.05, 0) is 31.4 Å². The SMILES string of the molecule is O=C(O)c1ccc(-c2nn3c(=O)cc(N4CCCCC4)nc3s2)cc1. The molecule has 3 aromatic rings. The Kier molecular flexibility index (Phi) is 3.96. The third kappa shape index (κ3) is 3.00. The number of piperidine rings is 1. The molecule has 1 aliphatic heterocycles. The topological polar surface area (TPSA) is 87.8 Å². The molecule has 0 saturated carbocycles. The average molecular weight is 356 g/mol. The van der Waals surface area contributed by atoms with E-state index < -0.39 is 5.97 Å². The van der Waals surface area contributed by atoms with Gasteiger partial charge in [-0.1, -0.05) is 23.5 Å². The number of carboxylic acid groups (broad SMARTS) is 1. The number of carbonyl (C=O) groups is 1. The zero-order chi connectivity index (χ0) is 17.4. The molecule has 7 nitrogen and oxygen atoms in total. The van der Waals surface area contributed by atoms with Crippen LogP contribution in [0.15, 0.2) is 35.1 Å². The van der Waals surface area contributed by atoms with Gasteiger partial charge in [-0.2, -0.15) is 9.61 Å². The minimum absolute atomic E-state index is 0.199. The molecule has 1 aromatic carbocycles. The zero-order valence-corrected chi connectivity index (χ0v) is 14.2. The van der Waals surface area contributed by atoms with Crippen molar-refractivity contribution in [3.8, 4) is 10.6 Å². The van der Waals surface area contributed by atoms with Gasteiger partial charge in [0.1, 0.15) is 10.8 Å². The van der Waals surface area contributed by atoms with Crippen molar-refractivity contribution in [1.29, 1.82) is 0 Å². The number of hydrogen-bond donors (Lipinski definition) is 1. The van der Waals surface area contributed by atoms with E-state index in [0.717, 1.165) is 31.5 Å². The summed E-state index contributed by atoms with van der Waals surface area (Å²) >= 11 is 1.32. The number of hydrogen-bond acceptors (Lipinski definition) is 6. The Morgan fingerprint density at radius 2 is 1.84 bits per heavy atom. The molecule has 0 amide bonds. The standard InChI is InChI=1S/C17H16N4O3S/c22-14-10-13(20-8-2-1-3-9-20)18-17-21(14)19-15(25-17)11-4-6-12(7-5-11)16(23)24/h4-7,10H,1-3,8-9H2,(H,23,24). The minimum atomic E-state index is -0.972. The summed E-state index contributed by atoms with van der Waals surface area (Å²) in [5.41, 5.74) is 0.780. The predicted octanol–water partition coefficient (Wildman–Crippen LogP) is 2.51. The van der Waals surface area contributed by atoms with Gasteiger partial charge < -0.3 is 10.0 Å². The molecule has 0 radical (unpaired) electrons. The maximum Gasteiger partial charge on any atom is 0.335 e. The van der Waals surface area contributed by atoms with Crippen molar-refractivity contribution >= 4 is 28.1 Å². The lowest BCUT2D eigenvalue weighted by atomic mass is 10.1. The van der Waals surface area contributed by atoms with Gasteiger partial charge in [-0.25, -0.2) is 9.78 Å². The van der Waals surface area contributed by atoms with Crippen LogP contribution >= 0.6 is 11.3 Å². The highest BCUT2D eigenvalue weighted by atomic mass is 32.1. The van der Waals surface area contributed by atoms with Gasteiger partial charge in [-0.3, -0.25) is 4.79 Å². The Bertz CT molecular complexity index is 987. The van der Waals surface area contributed by atoms with E-state index in [1.54, 1.807) is 12.1 Å². The minimum Gasteiger partial charge on any atom is -0.478 e. The third-order valence-electron chi connectivity index (χ3n) is 4.29. The Morgan fingerprint density at radius 1 is 1.12 bits per heavy atom. The van der Waals surface area contributed by atoms with Crippen LogP contribution in [0.25, 0.3) is 15.5 Å². The monoisotopic (exact) mass is 356 g/mol. The number of nitrogens with zero attached hydrogens (tertiary/aromatic N) is 4. The van der Waals surface area contributed by atoms with Crippen molar-refractivity contribution in [2.45, 2.75) is 19.3 Å². The average Bonchev–Trinajstić information content (AvgIpc) is 3.07. The molecule has 2 aromatic heterocycles. The lowest BCUT2D eigenvalue weighted by Crippen LogP contribution is -2.31. The number of benzene rings is 1. The smallest absolute Gasteiger partial charge is 0.335 e. The van der Waals surface area contributed by atoms with Crippen molar-refractivity contribution in [3.05, 3.63) is 46.2 Å². The molecule has 1 aliphatic rings. The van der Waals surface area contributed by atoms with E-state index in [2.05, 4.69) is 15.0 Å². The maximum absolute atomic E-state index is 12.4. The van der Waals surface area contributed by atoms with Crippen LogP contribution < -0.4 is 10.5 Å². The van der Waals surface area contributed by atoms with Gasteiger partial charge in [0, 0.05) is 24.7 Å². The molecule has 4 rings (SSSR count). The molecule has 8 heteroatoms. The Labute approximate surface area is 147 Å². The molecule has 1 N–H and O–H groups in total. The maximum atomic E-state index is 12.4. The van der Waals surface area contributed by atoms with E-state index in [4.69, 9.17) is 5.11 Å². The predicted molar refractivity (Wildman–Crippen MR) is 95.6 cm³/mol. The summed E-state index contributed by atoms with van der Waals surface area (Å²) in [6.45, 7) is 1.84.